The van der Waals surface area contributed by atoms with Gasteiger partial charge in [-0.15, -0.1) is 0 Å². The van der Waals surface area contributed by atoms with Crippen LogP contribution in [0.2, 0.25) is 0 Å². The van der Waals surface area contributed by atoms with Gasteiger partial charge in [0.15, 0.2) is 0 Å². The lowest BCUT2D eigenvalue weighted by molar-refractivity contribution is -0.134. The largest absolute Gasteiger partial charge is 0.481 e. The number of carboxylic acids is 1. The van der Waals surface area contributed by atoms with Crippen LogP contribution in [0.4, 0.5) is 0 Å². The average Bonchev–Trinajstić information content (AvgIpc) is 2.76. The lowest BCUT2D eigenvalue weighted by Crippen LogP contribution is -1.94. The van der Waals surface area contributed by atoms with Crippen LogP contribution in [-0.2, 0) is 17.8 Å². The van der Waals surface area contributed by atoms with E-state index in [0.29, 0.717) is 0 Å². The van der Waals surface area contributed by atoms with Crippen molar-refractivity contribution in [2.24, 2.45) is 0 Å². The Morgan fingerprint density at radius 3 is 2.37 bits per heavy atom. The fourth-order valence-corrected chi connectivity index (χ4v) is 1.96. The van der Waals surface area contributed by atoms with Crippen molar-refractivity contribution in [2.45, 2.75) is 72.3 Å². The van der Waals surface area contributed by atoms with Crippen molar-refractivity contribution >= 4 is 5.97 Å². The first-order valence-corrected chi connectivity index (χ1v) is 7.44. The van der Waals surface area contributed by atoms with Crippen LogP contribution in [-0.4, -0.2) is 15.6 Å². The third-order valence-electron chi connectivity index (χ3n) is 2.87. The second kappa shape index (κ2) is 11.8. The van der Waals surface area contributed by atoms with E-state index in [1.165, 1.54) is 57.1 Å². The van der Waals surface area contributed by atoms with Crippen LogP contribution < -0.4 is 0 Å². The first-order valence-electron chi connectivity index (χ1n) is 7.44. The zero-order valence-electron chi connectivity index (χ0n) is 12.7. The van der Waals surface area contributed by atoms with Crippen LogP contribution in [0.3, 0.4) is 0 Å². The Labute approximate surface area is 117 Å². The fraction of sp³-hybridized carbons (Fsp3) is 0.688. The molecule has 0 amide bonds. The molecule has 0 atom stereocenters. The third-order valence-corrected chi connectivity index (χ3v) is 2.87. The molecule has 0 aliphatic heterocycles. The van der Waals surface area contributed by atoms with Gasteiger partial charge >= 0.3 is 0 Å². The molecule has 110 valence electrons. The number of aromatic nitrogens is 1. The molecule has 0 fully saturated rings. The van der Waals surface area contributed by atoms with E-state index in [2.05, 4.69) is 36.9 Å². The highest BCUT2D eigenvalue weighted by molar-refractivity contribution is 5.62. The van der Waals surface area contributed by atoms with Crippen molar-refractivity contribution < 1.29 is 9.90 Å². The molecule has 0 bridgehead atoms. The quantitative estimate of drug-likeness (QED) is 0.704. The molecule has 0 aliphatic rings. The molecule has 1 aromatic rings. The predicted molar refractivity (Wildman–Crippen MR) is 80.5 cm³/mol. The van der Waals surface area contributed by atoms with Crippen molar-refractivity contribution in [3.05, 3.63) is 24.0 Å². The molecule has 0 spiro atoms. The molecular weight excluding hydrogens is 238 g/mol. The number of aliphatic carboxylic acids is 1. The van der Waals surface area contributed by atoms with Crippen molar-refractivity contribution in [3.63, 3.8) is 0 Å². The van der Waals surface area contributed by atoms with Crippen LogP contribution in [0.25, 0.3) is 0 Å². The lowest BCUT2D eigenvalue weighted by Gasteiger charge is -2.02. The van der Waals surface area contributed by atoms with E-state index >= 15 is 0 Å². The fourth-order valence-electron chi connectivity index (χ4n) is 1.96. The van der Waals surface area contributed by atoms with Gasteiger partial charge in [-0.2, -0.15) is 0 Å². The van der Waals surface area contributed by atoms with E-state index in [9.17, 15) is 0 Å². The average molecular weight is 267 g/mol. The number of unbranched alkanes of at least 4 members (excludes halogenated alkanes) is 4. The van der Waals surface area contributed by atoms with Crippen molar-refractivity contribution in [1.29, 1.82) is 0 Å². The number of hydrogen-bond acceptors (Lipinski definition) is 1. The van der Waals surface area contributed by atoms with Gasteiger partial charge in [0.05, 0.1) is 0 Å². The Hall–Kier alpha value is -1.25. The minimum Gasteiger partial charge on any atom is -0.481 e. The first-order chi connectivity index (χ1) is 9.10. The van der Waals surface area contributed by atoms with E-state index in [4.69, 9.17) is 9.90 Å². The summed E-state index contributed by atoms with van der Waals surface area (Å²) in [5.74, 6) is -0.833. The normalized spacial score (nSPS) is 9.84. The predicted octanol–water partition coefficient (Wildman–Crippen LogP) is 4.50. The maximum atomic E-state index is 9.00. The number of aryl methyl sites for hydroxylation is 2. The summed E-state index contributed by atoms with van der Waals surface area (Å²) in [6.07, 6.45) is 13.9. The van der Waals surface area contributed by atoms with Gasteiger partial charge in [0.25, 0.3) is 5.97 Å². The molecule has 0 saturated heterocycles. The molecule has 0 saturated carbocycles. The van der Waals surface area contributed by atoms with Gasteiger partial charge in [0.2, 0.25) is 0 Å². The van der Waals surface area contributed by atoms with Gasteiger partial charge in [-0.1, -0.05) is 46.0 Å². The zero-order valence-corrected chi connectivity index (χ0v) is 12.7. The number of nitrogens with zero attached hydrogens (tertiary/aromatic N) is 1. The minimum atomic E-state index is -0.833. The van der Waals surface area contributed by atoms with Crippen LogP contribution in [0.1, 0.15) is 64.9 Å². The van der Waals surface area contributed by atoms with Crippen molar-refractivity contribution in [1.82, 2.24) is 4.57 Å². The second-order valence-electron chi connectivity index (χ2n) is 4.94. The van der Waals surface area contributed by atoms with E-state index in [1.54, 1.807) is 0 Å². The summed E-state index contributed by atoms with van der Waals surface area (Å²) in [7, 11) is 0. The SMILES string of the molecule is CC(=O)O.CCCCCCCn1ccc(CCC)c1. The number of rotatable bonds is 8. The topological polar surface area (TPSA) is 42.2 Å². The van der Waals surface area contributed by atoms with E-state index < -0.39 is 5.97 Å². The third kappa shape index (κ3) is 11.6. The number of carboxylic acid groups (broad SMARTS) is 1. The maximum Gasteiger partial charge on any atom is 0.300 e. The lowest BCUT2D eigenvalue weighted by atomic mass is 10.1. The van der Waals surface area contributed by atoms with E-state index in [1.807, 2.05) is 0 Å². The molecule has 1 heterocycles. The molecule has 1 N–H and O–H groups in total. The number of carbonyl (C=O) groups is 1. The number of hydrogen-bond donors (Lipinski definition) is 1. The molecule has 3 heteroatoms. The first kappa shape index (κ1) is 17.8. The van der Waals surface area contributed by atoms with Crippen LogP contribution >= 0.6 is 0 Å². The molecule has 0 radical (unpaired) electrons. The summed E-state index contributed by atoms with van der Waals surface area (Å²) in [5, 5.41) is 7.42. The molecule has 1 aromatic heterocycles. The van der Waals surface area contributed by atoms with Gasteiger partial charge < -0.3 is 9.67 Å². The summed E-state index contributed by atoms with van der Waals surface area (Å²) < 4.78 is 2.34. The van der Waals surface area contributed by atoms with Crippen LogP contribution in [0.15, 0.2) is 18.5 Å². The zero-order chi connectivity index (χ0) is 14.5. The van der Waals surface area contributed by atoms with Crippen LogP contribution in [0, 0.1) is 0 Å². The Kier molecular flexibility index (Phi) is 11.0. The molecule has 19 heavy (non-hydrogen) atoms. The minimum absolute atomic E-state index is 0.833. The maximum absolute atomic E-state index is 9.00. The Bertz CT molecular complexity index is 327. The Balaban J connectivity index is 0.000000711. The summed E-state index contributed by atoms with van der Waals surface area (Å²) in [6.45, 7) is 6.79. The summed E-state index contributed by atoms with van der Waals surface area (Å²) in [6, 6.07) is 2.26. The monoisotopic (exact) mass is 267 g/mol. The van der Waals surface area contributed by atoms with E-state index in [0.717, 1.165) is 6.92 Å². The smallest absolute Gasteiger partial charge is 0.300 e. The Morgan fingerprint density at radius 2 is 1.79 bits per heavy atom. The van der Waals surface area contributed by atoms with Gasteiger partial charge in [-0.25, -0.2) is 0 Å². The van der Waals surface area contributed by atoms with Gasteiger partial charge in [-0.05, 0) is 24.5 Å². The molecule has 0 aromatic carbocycles. The van der Waals surface area contributed by atoms with Gasteiger partial charge in [-0.3, -0.25) is 4.79 Å². The molecule has 0 aliphatic carbocycles. The standard InChI is InChI=1S/C14H25N.C2H4O2/c1-3-5-6-7-8-11-15-12-10-14(13-15)9-4-2;1-2(3)4/h10,12-13H,3-9,11H2,1-2H3;1H3,(H,3,4). The van der Waals surface area contributed by atoms with Crippen molar-refractivity contribution in [2.75, 3.05) is 0 Å². The summed E-state index contributed by atoms with van der Waals surface area (Å²) >= 11 is 0. The van der Waals surface area contributed by atoms with Crippen molar-refractivity contribution in [3.8, 4) is 0 Å². The summed E-state index contributed by atoms with van der Waals surface area (Å²) in [5.41, 5.74) is 1.49. The highest BCUT2D eigenvalue weighted by atomic mass is 16.4. The second-order valence-corrected chi connectivity index (χ2v) is 4.94. The van der Waals surface area contributed by atoms with Crippen LogP contribution in [0.5, 0.6) is 0 Å². The molecule has 3 nitrogen and oxygen atoms in total. The molecule has 0 unspecified atom stereocenters. The highest BCUT2D eigenvalue weighted by Gasteiger charge is 1.95. The van der Waals surface area contributed by atoms with Gasteiger partial charge in [0.1, 0.15) is 0 Å². The van der Waals surface area contributed by atoms with Gasteiger partial charge in [0, 0.05) is 25.9 Å². The molecular formula is C16H29NO2. The van der Waals surface area contributed by atoms with E-state index in [-0.39, 0.29) is 0 Å². The highest BCUT2D eigenvalue weighted by Crippen LogP contribution is 2.08. The molecule has 1 rings (SSSR count). The Morgan fingerprint density at radius 1 is 1.16 bits per heavy atom. The summed E-state index contributed by atoms with van der Waals surface area (Å²) in [4.78, 5) is 9.00.